The number of nitrogens with one attached hydrogen (secondary N) is 1. The molecular formula is C29H24FN3O2. The number of benzene rings is 4. The number of halogens is 1. The Morgan fingerprint density at radius 2 is 1.60 bits per heavy atom. The van der Waals surface area contributed by atoms with Crippen LogP contribution < -0.4 is 10.1 Å². The van der Waals surface area contributed by atoms with Crippen LogP contribution in [0.3, 0.4) is 0 Å². The van der Waals surface area contributed by atoms with Gasteiger partial charge in [-0.05, 0) is 67.1 Å². The molecule has 0 aliphatic heterocycles. The summed E-state index contributed by atoms with van der Waals surface area (Å²) in [6, 6.07) is 30.6. The van der Waals surface area contributed by atoms with Crippen LogP contribution >= 0.6 is 0 Å². The van der Waals surface area contributed by atoms with E-state index >= 15 is 0 Å². The van der Waals surface area contributed by atoms with Gasteiger partial charge in [-0.15, -0.1) is 0 Å². The molecule has 174 valence electrons. The largest absolute Gasteiger partial charge is 0.484 e. The van der Waals surface area contributed by atoms with Gasteiger partial charge in [0.25, 0.3) is 5.91 Å². The highest BCUT2D eigenvalue weighted by molar-refractivity contribution is 5.94. The Morgan fingerprint density at radius 3 is 2.31 bits per heavy atom. The average Bonchev–Trinajstić information content (AvgIpc) is 3.32. The second kappa shape index (κ2) is 9.81. The van der Waals surface area contributed by atoms with E-state index in [2.05, 4.69) is 10.4 Å². The van der Waals surface area contributed by atoms with E-state index in [1.165, 1.54) is 12.1 Å². The van der Waals surface area contributed by atoms with Gasteiger partial charge in [0, 0.05) is 10.9 Å². The number of hydrogen-bond acceptors (Lipinski definition) is 3. The molecule has 0 aliphatic carbocycles. The highest BCUT2D eigenvalue weighted by Gasteiger charge is 2.24. The minimum Gasteiger partial charge on any atom is -0.484 e. The zero-order valence-corrected chi connectivity index (χ0v) is 19.1. The van der Waals surface area contributed by atoms with Crippen LogP contribution in [0.5, 0.6) is 5.75 Å². The normalized spacial score (nSPS) is 12.7. The zero-order chi connectivity index (χ0) is 24.2. The fraction of sp³-hybridized carbons (Fsp3) is 0.103. The molecule has 5 rings (SSSR count). The quantitative estimate of drug-likeness (QED) is 0.316. The first-order valence-electron chi connectivity index (χ1n) is 11.4. The van der Waals surface area contributed by atoms with Gasteiger partial charge in [0.1, 0.15) is 17.7 Å². The van der Waals surface area contributed by atoms with Gasteiger partial charge in [-0.1, -0.05) is 48.5 Å². The van der Waals surface area contributed by atoms with Gasteiger partial charge in [0.15, 0.2) is 0 Å². The molecular weight excluding hydrogens is 441 g/mol. The first-order valence-corrected chi connectivity index (χ1v) is 11.4. The van der Waals surface area contributed by atoms with Crippen molar-refractivity contribution in [1.82, 2.24) is 15.1 Å². The van der Waals surface area contributed by atoms with Crippen molar-refractivity contribution in [3.8, 4) is 11.4 Å². The van der Waals surface area contributed by atoms with Crippen molar-refractivity contribution in [3.05, 3.63) is 126 Å². The van der Waals surface area contributed by atoms with Crippen molar-refractivity contribution in [1.29, 1.82) is 0 Å². The van der Waals surface area contributed by atoms with E-state index in [1.807, 2.05) is 73.7 Å². The molecule has 6 heteroatoms. The molecule has 0 aliphatic rings. The minimum absolute atomic E-state index is 0.154. The molecule has 5 aromatic rings. The monoisotopic (exact) mass is 465 g/mol. The maximum atomic E-state index is 13.3. The van der Waals surface area contributed by atoms with Gasteiger partial charge in [-0.25, -0.2) is 9.07 Å². The molecule has 5 nitrogen and oxygen atoms in total. The van der Waals surface area contributed by atoms with Crippen LogP contribution in [-0.2, 0) is 0 Å². The molecule has 4 aromatic carbocycles. The lowest BCUT2D eigenvalue weighted by Crippen LogP contribution is -2.39. The Kier molecular flexibility index (Phi) is 6.26. The van der Waals surface area contributed by atoms with Crippen LogP contribution in [0.2, 0.25) is 0 Å². The van der Waals surface area contributed by atoms with Crippen molar-refractivity contribution < 1.29 is 13.9 Å². The van der Waals surface area contributed by atoms with Crippen LogP contribution in [-0.4, -0.2) is 21.7 Å². The van der Waals surface area contributed by atoms with Crippen LogP contribution in [0.15, 0.2) is 109 Å². The summed E-state index contributed by atoms with van der Waals surface area (Å²) in [6.07, 6.45) is 1.34. The van der Waals surface area contributed by atoms with Crippen LogP contribution in [0.25, 0.3) is 16.6 Å². The summed E-state index contributed by atoms with van der Waals surface area (Å²) in [6.45, 7) is 1.93. The van der Waals surface area contributed by atoms with E-state index in [4.69, 9.17) is 4.74 Å². The molecule has 0 bridgehead atoms. The third-order valence-electron chi connectivity index (χ3n) is 5.85. The summed E-state index contributed by atoms with van der Waals surface area (Å²) in [7, 11) is 0. The first-order chi connectivity index (χ1) is 17.1. The van der Waals surface area contributed by atoms with E-state index in [0.29, 0.717) is 11.3 Å². The Hall–Kier alpha value is -4.45. The molecule has 0 unspecified atom stereocenters. The summed E-state index contributed by atoms with van der Waals surface area (Å²) in [5, 5.41) is 8.42. The maximum absolute atomic E-state index is 13.3. The number of carbonyl (C=O) groups excluding carboxylic acids is 1. The molecule has 0 radical (unpaired) electrons. The SMILES string of the molecule is C[C@H](NC(=O)c1ccccc1)[C@H](Oc1ccc2c(cnn2-c2ccc(F)cc2)c1)c1ccccc1. The third-order valence-corrected chi connectivity index (χ3v) is 5.85. The van der Waals surface area contributed by atoms with Crippen LogP contribution in [0, 0.1) is 5.82 Å². The number of amides is 1. The summed E-state index contributed by atoms with van der Waals surface area (Å²) < 4.78 is 21.5. The Morgan fingerprint density at radius 1 is 0.914 bits per heavy atom. The van der Waals surface area contributed by atoms with Crippen molar-refractivity contribution in [3.63, 3.8) is 0 Å². The highest BCUT2D eigenvalue weighted by Crippen LogP contribution is 2.29. The second-order valence-electron chi connectivity index (χ2n) is 8.33. The number of nitrogens with zero attached hydrogens (tertiary/aromatic N) is 2. The van der Waals surface area contributed by atoms with Gasteiger partial charge in [0.2, 0.25) is 0 Å². The van der Waals surface area contributed by atoms with Crippen LogP contribution in [0.1, 0.15) is 28.9 Å². The molecule has 1 amide bonds. The van der Waals surface area contributed by atoms with E-state index in [1.54, 1.807) is 35.1 Å². The molecule has 1 heterocycles. The Labute approximate surface area is 202 Å². The average molecular weight is 466 g/mol. The lowest BCUT2D eigenvalue weighted by atomic mass is 10.0. The van der Waals surface area contributed by atoms with E-state index in [0.717, 1.165) is 22.2 Å². The van der Waals surface area contributed by atoms with Gasteiger partial charge >= 0.3 is 0 Å². The molecule has 35 heavy (non-hydrogen) atoms. The second-order valence-corrected chi connectivity index (χ2v) is 8.33. The summed E-state index contributed by atoms with van der Waals surface area (Å²) in [5.74, 6) is 0.214. The van der Waals surface area contributed by atoms with Crippen molar-refractivity contribution in [2.45, 2.75) is 19.1 Å². The first kappa shape index (κ1) is 22.3. The van der Waals surface area contributed by atoms with Crippen molar-refractivity contribution >= 4 is 16.8 Å². The third kappa shape index (κ3) is 4.92. The summed E-state index contributed by atoms with van der Waals surface area (Å²) in [5.41, 5.74) is 3.20. The molecule has 0 saturated carbocycles. The Balaban J connectivity index is 1.41. The van der Waals surface area contributed by atoms with E-state index in [-0.39, 0.29) is 17.8 Å². The molecule has 0 fully saturated rings. The maximum Gasteiger partial charge on any atom is 0.251 e. The minimum atomic E-state index is -0.409. The van der Waals surface area contributed by atoms with Gasteiger partial charge in [-0.2, -0.15) is 5.10 Å². The number of rotatable bonds is 7. The zero-order valence-electron chi connectivity index (χ0n) is 19.1. The molecule has 1 aromatic heterocycles. The van der Waals surface area contributed by atoms with E-state index < -0.39 is 6.10 Å². The predicted octanol–water partition coefficient (Wildman–Crippen LogP) is 6.10. The standard InChI is InChI=1S/C29H24FN3O2/c1-20(32-29(34)22-10-6-3-7-11-22)28(21-8-4-2-5-9-21)35-26-16-17-27-23(18-26)19-31-33(27)25-14-12-24(30)13-15-25/h2-20,28H,1H3,(H,32,34)/t20-,28-/m0/s1. The summed E-state index contributed by atoms with van der Waals surface area (Å²) >= 11 is 0. The lowest BCUT2D eigenvalue weighted by Gasteiger charge is -2.26. The smallest absolute Gasteiger partial charge is 0.251 e. The topological polar surface area (TPSA) is 56.1 Å². The number of ether oxygens (including phenoxy) is 1. The number of carbonyl (C=O) groups is 1. The summed E-state index contributed by atoms with van der Waals surface area (Å²) in [4.78, 5) is 12.8. The Bertz CT molecular complexity index is 1430. The number of fused-ring (bicyclic) bond motifs is 1. The van der Waals surface area contributed by atoms with Crippen molar-refractivity contribution in [2.24, 2.45) is 0 Å². The predicted molar refractivity (Wildman–Crippen MR) is 134 cm³/mol. The molecule has 0 spiro atoms. The number of aromatic nitrogens is 2. The van der Waals surface area contributed by atoms with Gasteiger partial charge < -0.3 is 10.1 Å². The van der Waals surface area contributed by atoms with Gasteiger partial charge in [-0.3, -0.25) is 4.79 Å². The van der Waals surface area contributed by atoms with E-state index in [9.17, 15) is 9.18 Å². The molecule has 1 N–H and O–H groups in total. The molecule has 0 saturated heterocycles. The number of hydrogen-bond donors (Lipinski definition) is 1. The highest BCUT2D eigenvalue weighted by atomic mass is 19.1. The lowest BCUT2D eigenvalue weighted by molar-refractivity contribution is 0.0882. The fourth-order valence-corrected chi connectivity index (χ4v) is 4.08. The molecule has 2 atom stereocenters. The van der Waals surface area contributed by atoms with Crippen LogP contribution in [0.4, 0.5) is 4.39 Å². The fourth-order valence-electron chi connectivity index (χ4n) is 4.08. The van der Waals surface area contributed by atoms with Crippen molar-refractivity contribution in [2.75, 3.05) is 0 Å². The van der Waals surface area contributed by atoms with Gasteiger partial charge in [0.05, 0.1) is 23.4 Å².